The summed E-state index contributed by atoms with van der Waals surface area (Å²) in [4.78, 5) is 14.6. The molecular formula is C15H18Br2N2O2. The third-order valence-electron chi connectivity index (χ3n) is 3.96. The quantitative estimate of drug-likeness (QED) is 0.815. The lowest BCUT2D eigenvalue weighted by atomic mass is 10.0. The zero-order valence-electron chi connectivity index (χ0n) is 11.9. The lowest BCUT2D eigenvalue weighted by Gasteiger charge is -2.33. The van der Waals surface area contributed by atoms with Crippen molar-refractivity contribution < 1.29 is 9.53 Å². The lowest BCUT2D eigenvalue weighted by molar-refractivity contribution is -0.121. The van der Waals surface area contributed by atoms with E-state index in [1.807, 2.05) is 17.0 Å². The first-order chi connectivity index (χ1) is 10.1. The number of benzene rings is 1. The molecule has 2 fully saturated rings. The summed E-state index contributed by atoms with van der Waals surface area (Å²) in [5.41, 5.74) is 0.877. The Morgan fingerprint density at radius 3 is 2.67 bits per heavy atom. The Labute approximate surface area is 141 Å². The lowest BCUT2D eigenvalue weighted by Crippen LogP contribution is -2.51. The van der Waals surface area contributed by atoms with Crippen LogP contribution in [-0.4, -0.2) is 31.6 Å². The van der Waals surface area contributed by atoms with Gasteiger partial charge in [0.25, 0.3) is 0 Å². The maximum atomic E-state index is 12.7. The van der Waals surface area contributed by atoms with Crippen LogP contribution in [-0.2, 0) is 4.79 Å². The molecule has 1 saturated carbocycles. The third kappa shape index (κ3) is 3.27. The molecule has 1 aromatic rings. The monoisotopic (exact) mass is 416 g/mol. The van der Waals surface area contributed by atoms with E-state index in [4.69, 9.17) is 4.74 Å². The van der Waals surface area contributed by atoms with Crippen LogP contribution >= 0.6 is 31.9 Å². The molecule has 1 aliphatic heterocycles. The van der Waals surface area contributed by atoms with Crippen molar-refractivity contribution >= 4 is 43.5 Å². The summed E-state index contributed by atoms with van der Waals surface area (Å²) in [6.45, 7) is 0.755. The van der Waals surface area contributed by atoms with Gasteiger partial charge in [0.05, 0.1) is 23.3 Å². The Morgan fingerprint density at radius 2 is 2.00 bits per heavy atom. The largest absolute Gasteiger partial charge is 0.495 e. The van der Waals surface area contributed by atoms with Gasteiger partial charge in [0.2, 0.25) is 5.91 Å². The molecule has 1 heterocycles. The number of halogens is 2. The van der Waals surface area contributed by atoms with Crippen LogP contribution in [0.15, 0.2) is 21.1 Å². The number of methoxy groups -OCH3 is 1. The highest BCUT2D eigenvalue weighted by Crippen LogP contribution is 2.38. The van der Waals surface area contributed by atoms with Gasteiger partial charge in [0, 0.05) is 23.1 Å². The topological polar surface area (TPSA) is 41.6 Å². The van der Waals surface area contributed by atoms with Crippen molar-refractivity contribution in [3.63, 3.8) is 0 Å². The number of carbonyl (C=O) groups excluding carboxylic acids is 1. The molecule has 1 aromatic carbocycles. The first kappa shape index (κ1) is 15.3. The number of amides is 1. The van der Waals surface area contributed by atoms with E-state index in [1.165, 1.54) is 12.8 Å². The molecular weight excluding hydrogens is 400 g/mol. The minimum absolute atomic E-state index is 0.0483. The molecule has 1 unspecified atom stereocenters. The van der Waals surface area contributed by atoms with Gasteiger partial charge in [0.1, 0.15) is 5.75 Å². The smallest absolute Gasteiger partial charge is 0.244 e. The Balaban J connectivity index is 1.86. The van der Waals surface area contributed by atoms with Gasteiger partial charge in [-0.1, -0.05) is 0 Å². The summed E-state index contributed by atoms with van der Waals surface area (Å²) >= 11 is 7.02. The highest BCUT2D eigenvalue weighted by Gasteiger charge is 2.34. The number of anilines is 1. The second kappa shape index (κ2) is 6.26. The van der Waals surface area contributed by atoms with E-state index in [0.29, 0.717) is 6.04 Å². The second-order valence-corrected chi connectivity index (χ2v) is 7.27. The molecule has 1 aliphatic carbocycles. The number of ether oxygens (including phenoxy) is 1. The molecule has 0 aromatic heterocycles. The number of nitrogens with one attached hydrogen (secondary N) is 1. The van der Waals surface area contributed by atoms with Gasteiger partial charge >= 0.3 is 0 Å². The van der Waals surface area contributed by atoms with Gasteiger partial charge in [-0.25, -0.2) is 0 Å². The van der Waals surface area contributed by atoms with Gasteiger partial charge in [0.15, 0.2) is 0 Å². The average molecular weight is 418 g/mol. The minimum Gasteiger partial charge on any atom is -0.495 e. The van der Waals surface area contributed by atoms with Gasteiger partial charge < -0.3 is 15.0 Å². The molecule has 114 valence electrons. The van der Waals surface area contributed by atoms with Crippen molar-refractivity contribution in [2.24, 2.45) is 0 Å². The van der Waals surface area contributed by atoms with Crippen molar-refractivity contribution in [1.29, 1.82) is 0 Å². The van der Waals surface area contributed by atoms with Crippen LogP contribution in [0.5, 0.6) is 5.75 Å². The zero-order chi connectivity index (χ0) is 15.0. The van der Waals surface area contributed by atoms with E-state index in [-0.39, 0.29) is 11.9 Å². The molecule has 4 nitrogen and oxygen atoms in total. The number of rotatable bonds is 4. The van der Waals surface area contributed by atoms with Gasteiger partial charge in [-0.15, -0.1) is 0 Å². The summed E-state index contributed by atoms with van der Waals surface area (Å²) in [5.74, 6) is 0.900. The summed E-state index contributed by atoms with van der Waals surface area (Å²) in [6.07, 6.45) is 4.33. The van der Waals surface area contributed by atoms with E-state index >= 15 is 0 Å². The summed E-state index contributed by atoms with van der Waals surface area (Å²) in [5, 5.41) is 3.45. The van der Waals surface area contributed by atoms with Crippen molar-refractivity contribution in [2.45, 2.75) is 37.8 Å². The van der Waals surface area contributed by atoms with Crippen molar-refractivity contribution in [2.75, 3.05) is 18.6 Å². The minimum atomic E-state index is -0.0483. The number of hydrogen-bond donors (Lipinski definition) is 1. The van der Waals surface area contributed by atoms with Crippen LogP contribution in [0.2, 0.25) is 0 Å². The molecule has 0 spiro atoms. The summed E-state index contributed by atoms with van der Waals surface area (Å²) in [6, 6.07) is 4.33. The average Bonchev–Trinajstić information content (AvgIpc) is 3.26. The van der Waals surface area contributed by atoms with Gasteiger partial charge in [-0.2, -0.15) is 0 Å². The Bertz CT molecular complexity index is 561. The summed E-state index contributed by atoms with van der Waals surface area (Å²) in [7, 11) is 1.63. The van der Waals surface area contributed by atoms with Gasteiger partial charge in [-0.3, -0.25) is 4.79 Å². The second-order valence-electron chi connectivity index (χ2n) is 5.56. The number of nitrogens with zero attached hydrogens (tertiary/aromatic N) is 1. The molecule has 2 aliphatic rings. The van der Waals surface area contributed by atoms with Crippen LogP contribution in [0.25, 0.3) is 0 Å². The highest BCUT2D eigenvalue weighted by atomic mass is 79.9. The van der Waals surface area contributed by atoms with E-state index in [0.717, 1.165) is 39.8 Å². The Hall–Kier alpha value is -0.590. The fourth-order valence-electron chi connectivity index (χ4n) is 2.69. The van der Waals surface area contributed by atoms with Crippen molar-refractivity contribution in [1.82, 2.24) is 5.32 Å². The first-order valence-electron chi connectivity index (χ1n) is 7.20. The third-order valence-corrected chi connectivity index (χ3v) is 5.22. The normalized spacial score (nSPS) is 22.5. The van der Waals surface area contributed by atoms with E-state index in [2.05, 4.69) is 37.2 Å². The van der Waals surface area contributed by atoms with Crippen molar-refractivity contribution in [3.8, 4) is 5.75 Å². The maximum Gasteiger partial charge on any atom is 0.244 e. The number of piperidine rings is 1. The molecule has 6 heteroatoms. The van der Waals surface area contributed by atoms with Gasteiger partial charge in [-0.05, 0) is 63.6 Å². The molecule has 0 bridgehead atoms. The standard InChI is InChI=1S/C15H18Br2N2O2/c1-21-14-8-13(10(16)7-11(14)17)19-6-2-3-12(15(19)20)18-9-4-5-9/h7-9,12,18H,2-6H2,1H3. The van der Waals surface area contributed by atoms with Crippen LogP contribution in [0, 0.1) is 0 Å². The van der Waals surface area contributed by atoms with Crippen molar-refractivity contribution in [3.05, 3.63) is 21.1 Å². The van der Waals surface area contributed by atoms with Crippen LogP contribution < -0.4 is 15.0 Å². The van der Waals surface area contributed by atoms with E-state index < -0.39 is 0 Å². The molecule has 1 amide bonds. The highest BCUT2D eigenvalue weighted by molar-refractivity contribution is 9.11. The maximum absolute atomic E-state index is 12.7. The van der Waals surface area contributed by atoms with Crippen LogP contribution in [0.3, 0.4) is 0 Å². The number of hydrogen-bond acceptors (Lipinski definition) is 3. The SMILES string of the molecule is COc1cc(N2CCCC(NC3CC3)C2=O)c(Br)cc1Br. The summed E-state index contributed by atoms with van der Waals surface area (Å²) < 4.78 is 7.12. The Morgan fingerprint density at radius 1 is 1.24 bits per heavy atom. The molecule has 1 atom stereocenters. The molecule has 3 rings (SSSR count). The fraction of sp³-hybridized carbons (Fsp3) is 0.533. The van der Waals surface area contributed by atoms with E-state index in [9.17, 15) is 4.79 Å². The predicted octanol–water partition coefficient (Wildman–Crippen LogP) is 3.47. The predicted molar refractivity (Wildman–Crippen MR) is 89.9 cm³/mol. The van der Waals surface area contributed by atoms with E-state index in [1.54, 1.807) is 7.11 Å². The van der Waals surface area contributed by atoms with Crippen LogP contribution in [0.1, 0.15) is 25.7 Å². The molecule has 21 heavy (non-hydrogen) atoms. The molecule has 1 saturated heterocycles. The molecule has 0 radical (unpaired) electrons. The van der Waals surface area contributed by atoms with Crippen LogP contribution in [0.4, 0.5) is 5.69 Å². The zero-order valence-corrected chi connectivity index (χ0v) is 15.0. The fourth-order valence-corrected chi connectivity index (χ4v) is 4.06. The Kier molecular flexibility index (Phi) is 4.57. The molecule has 1 N–H and O–H groups in total. The first-order valence-corrected chi connectivity index (χ1v) is 8.79. The number of carbonyl (C=O) groups is 1.